The topological polar surface area (TPSA) is 38.3 Å². The second-order valence-electron chi connectivity index (χ2n) is 6.08. The number of hydrogen-bond donors (Lipinski definition) is 1. The molecule has 0 aliphatic heterocycles. The van der Waals surface area contributed by atoms with E-state index < -0.39 is 0 Å². The Labute approximate surface area is 116 Å². The molecule has 19 heavy (non-hydrogen) atoms. The van der Waals surface area contributed by atoms with Crippen LogP contribution in [-0.4, -0.2) is 19.1 Å². The highest BCUT2D eigenvalue weighted by Gasteiger charge is 2.20. The largest absolute Gasteiger partial charge is 0.492 e. The van der Waals surface area contributed by atoms with Crippen LogP contribution in [-0.2, 0) is 4.79 Å². The molecule has 1 aromatic carbocycles. The number of carbonyl (C=O) groups excluding carboxylic acids is 1. The predicted molar refractivity (Wildman–Crippen MR) is 78.5 cm³/mol. The van der Waals surface area contributed by atoms with Crippen LogP contribution in [0.4, 0.5) is 0 Å². The Balaban J connectivity index is 2.38. The van der Waals surface area contributed by atoms with Crippen LogP contribution in [0.3, 0.4) is 0 Å². The smallest absolute Gasteiger partial charge is 0.225 e. The summed E-state index contributed by atoms with van der Waals surface area (Å²) in [6, 6.07) is 8.09. The molecule has 0 atom stereocenters. The van der Waals surface area contributed by atoms with Crippen LogP contribution < -0.4 is 10.1 Å². The summed E-state index contributed by atoms with van der Waals surface area (Å²) in [5, 5.41) is 2.87. The lowest BCUT2D eigenvalue weighted by atomic mass is 9.96. The molecule has 1 amide bonds. The lowest BCUT2D eigenvalue weighted by Gasteiger charge is -2.17. The van der Waals surface area contributed by atoms with Gasteiger partial charge in [-0.05, 0) is 23.6 Å². The maximum Gasteiger partial charge on any atom is 0.225 e. The van der Waals surface area contributed by atoms with Gasteiger partial charge in [-0.25, -0.2) is 0 Å². The second-order valence-corrected chi connectivity index (χ2v) is 6.08. The van der Waals surface area contributed by atoms with Crippen LogP contribution in [0.15, 0.2) is 24.3 Å². The maximum absolute atomic E-state index is 11.7. The standard InChI is InChI=1S/C16H25NO2/c1-12(2)13-7-6-8-14(11-13)19-10-9-17-15(18)16(3,4)5/h6-8,11-12H,9-10H2,1-5H3,(H,17,18). The number of carbonyl (C=O) groups is 1. The monoisotopic (exact) mass is 263 g/mol. The summed E-state index contributed by atoms with van der Waals surface area (Å²) in [7, 11) is 0. The van der Waals surface area contributed by atoms with Gasteiger partial charge in [0.25, 0.3) is 0 Å². The number of ether oxygens (including phenoxy) is 1. The highest BCUT2D eigenvalue weighted by molar-refractivity contribution is 5.81. The van der Waals surface area contributed by atoms with Crippen molar-refractivity contribution < 1.29 is 9.53 Å². The van der Waals surface area contributed by atoms with Gasteiger partial charge >= 0.3 is 0 Å². The molecule has 0 aliphatic carbocycles. The van der Waals surface area contributed by atoms with Crippen molar-refractivity contribution in [1.82, 2.24) is 5.32 Å². The first-order chi connectivity index (χ1) is 8.80. The van der Waals surface area contributed by atoms with E-state index in [1.165, 1.54) is 5.56 Å². The van der Waals surface area contributed by atoms with Gasteiger partial charge in [-0.3, -0.25) is 4.79 Å². The van der Waals surface area contributed by atoms with Crippen molar-refractivity contribution in [2.75, 3.05) is 13.2 Å². The van der Waals surface area contributed by atoms with Gasteiger partial charge in [-0.15, -0.1) is 0 Å². The third-order valence-electron chi connectivity index (χ3n) is 2.86. The van der Waals surface area contributed by atoms with Crippen molar-refractivity contribution in [3.05, 3.63) is 29.8 Å². The Kier molecular flexibility index (Phi) is 5.40. The summed E-state index contributed by atoms with van der Waals surface area (Å²) < 4.78 is 5.65. The number of hydrogen-bond acceptors (Lipinski definition) is 2. The third kappa shape index (κ3) is 5.33. The number of nitrogens with one attached hydrogen (secondary N) is 1. The molecule has 0 fully saturated rings. The highest BCUT2D eigenvalue weighted by atomic mass is 16.5. The molecule has 0 saturated heterocycles. The summed E-state index contributed by atoms with van der Waals surface area (Å²) in [5.74, 6) is 1.40. The molecule has 0 spiro atoms. The summed E-state index contributed by atoms with van der Waals surface area (Å²) in [6.45, 7) is 11.0. The summed E-state index contributed by atoms with van der Waals surface area (Å²) in [4.78, 5) is 11.7. The van der Waals surface area contributed by atoms with Gasteiger partial charge in [0.15, 0.2) is 0 Å². The fourth-order valence-electron chi connectivity index (χ4n) is 1.56. The van der Waals surface area contributed by atoms with E-state index in [9.17, 15) is 4.79 Å². The first-order valence-electron chi connectivity index (χ1n) is 6.82. The molecule has 0 radical (unpaired) electrons. The minimum Gasteiger partial charge on any atom is -0.492 e. The zero-order valence-corrected chi connectivity index (χ0v) is 12.6. The second kappa shape index (κ2) is 6.60. The Morgan fingerprint density at radius 1 is 1.32 bits per heavy atom. The van der Waals surface area contributed by atoms with Crippen LogP contribution in [0.1, 0.15) is 46.1 Å². The maximum atomic E-state index is 11.7. The van der Waals surface area contributed by atoms with Gasteiger partial charge in [0.05, 0.1) is 6.54 Å². The zero-order chi connectivity index (χ0) is 14.5. The average molecular weight is 263 g/mol. The first kappa shape index (κ1) is 15.5. The molecule has 1 N–H and O–H groups in total. The Bertz CT molecular complexity index is 419. The Morgan fingerprint density at radius 2 is 2.00 bits per heavy atom. The highest BCUT2D eigenvalue weighted by Crippen LogP contribution is 2.20. The van der Waals surface area contributed by atoms with E-state index in [0.29, 0.717) is 19.1 Å². The van der Waals surface area contributed by atoms with Crippen molar-refractivity contribution >= 4 is 5.91 Å². The summed E-state index contributed by atoms with van der Waals surface area (Å²) in [5.41, 5.74) is 0.911. The van der Waals surface area contributed by atoms with Gasteiger partial charge < -0.3 is 10.1 Å². The van der Waals surface area contributed by atoms with E-state index in [4.69, 9.17) is 4.74 Å². The predicted octanol–water partition coefficient (Wildman–Crippen LogP) is 3.35. The van der Waals surface area contributed by atoms with Gasteiger partial charge in [0, 0.05) is 5.41 Å². The molecular formula is C16H25NO2. The molecule has 3 heteroatoms. The van der Waals surface area contributed by atoms with E-state index in [-0.39, 0.29) is 11.3 Å². The van der Waals surface area contributed by atoms with Gasteiger partial charge in [0.1, 0.15) is 12.4 Å². The van der Waals surface area contributed by atoms with Crippen molar-refractivity contribution in [2.45, 2.75) is 40.5 Å². The number of benzene rings is 1. The molecule has 0 heterocycles. The van der Waals surface area contributed by atoms with Crippen molar-refractivity contribution in [2.24, 2.45) is 5.41 Å². The molecule has 0 unspecified atom stereocenters. The minimum atomic E-state index is -0.350. The summed E-state index contributed by atoms with van der Waals surface area (Å²) in [6.07, 6.45) is 0. The van der Waals surface area contributed by atoms with Gasteiger partial charge in [0.2, 0.25) is 5.91 Å². The van der Waals surface area contributed by atoms with E-state index in [1.807, 2.05) is 32.9 Å². The van der Waals surface area contributed by atoms with E-state index >= 15 is 0 Å². The molecule has 0 aromatic heterocycles. The first-order valence-corrected chi connectivity index (χ1v) is 6.82. The minimum absolute atomic E-state index is 0.0482. The molecule has 3 nitrogen and oxygen atoms in total. The molecule has 106 valence electrons. The van der Waals surface area contributed by atoms with Crippen LogP contribution in [0.5, 0.6) is 5.75 Å². The summed E-state index contributed by atoms with van der Waals surface area (Å²) >= 11 is 0. The molecule has 0 bridgehead atoms. The fraction of sp³-hybridized carbons (Fsp3) is 0.562. The molecule has 0 aliphatic rings. The SMILES string of the molecule is CC(C)c1cccc(OCCNC(=O)C(C)(C)C)c1. The lowest BCUT2D eigenvalue weighted by Crippen LogP contribution is -2.37. The van der Waals surface area contributed by atoms with Crippen molar-refractivity contribution in [3.8, 4) is 5.75 Å². The lowest BCUT2D eigenvalue weighted by molar-refractivity contribution is -0.128. The fourth-order valence-corrected chi connectivity index (χ4v) is 1.56. The molecule has 0 saturated carbocycles. The van der Waals surface area contributed by atoms with Crippen LogP contribution >= 0.6 is 0 Å². The van der Waals surface area contributed by atoms with Crippen LogP contribution in [0.25, 0.3) is 0 Å². The molecule has 1 aromatic rings. The Hall–Kier alpha value is -1.51. The van der Waals surface area contributed by atoms with E-state index in [2.05, 4.69) is 31.3 Å². The van der Waals surface area contributed by atoms with Gasteiger partial charge in [-0.2, -0.15) is 0 Å². The van der Waals surface area contributed by atoms with Crippen LogP contribution in [0.2, 0.25) is 0 Å². The zero-order valence-electron chi connectivity index (χ0n) is 12.6. The van der Waals surface area contributed by atoms with Crippen molar-refractivity contribution in [1.29, 1.82) is 0 Å². The number of rotatable bonds is 5. The molecular weight excluding hydrogens is 238 g/mol. The average Bonchev–Trinajstić information content (AvgIpc) is 2.33. The normalized spacial score (nSPS) is 11.5. The van der Waals surface area contributed by atoms with Gasteiger partial charge in [-0.1, -0.05) is 46.8 Å². The Morgan fingerprint density at radius 3 is 2.58 bits per heavy atom. The van der Waals surface area contributed by atoms with E-state index in [0.717, 1.165) is 5.75 Å². The third-order valence-corrected chi connectivity index (χ3v) is 2.86. The quantitative estimate of drug-likeness (QED) is 0.827. The molecule has 1 rings (SSSR count). The van der Waals surface area contributed by atoms with E-state index in [1.54, 1.807) is 0 Å². The van der Waals surface area contributed by atoms with Crippen molar-refractivity contribution in [3.63, 3.8) is 0 Å². The number of amides is 1. The van der Waals surface area contributed by atoms with Crippen LogP contribution in [0, 0.1) is 5.41 Å².